The quantitative estimate of drug-likeness (QED) is 0.429. The summed E-state index contributed by atoms with van der Waals surface area (Å²) >= 11 is 1.74. The van der Waals surface area contributed by atoms with Gasteiger partial charge in [0, 0.05) is 0 Å². The monoisotopic (exact) mass is 260 g/mol. The van der Waals surface area contributed by atoms with Gasteiger partial charge in [0.1, 0.15) is 9.59 Å². The number of alkyl halides is 2. The lowest BCUT2D eigenvalue weighted by Gasteiger charge is -2.20. The Hall–Kier alpha value is 0.130. The van der Waals surface area contributed by atoms with Crippen LogP contribution < -0.4 is 0 Å². The van der Waals surface area contributed by atoms with Crippen molar-refractivity contribution in [2.45, 2.75) is 23.4 Å². The Balaban J connectivity index is 4.24. The van der Waals surface area contributed by atoms with Gasteiger partial charge in [0.25, 0.3) is 0 Å². The maximum Gasteiger partial charge on any atom is 0.324 e. The van der Waals surface area contributed by atoms with Gasteiger partial charge in [-0.05, 0) is 13.8 Å². The normalized spacial score (nSPS) is 19.3. The van der Waals surface area contributed by atoms with Crippen LogP contribution in [0.5, 0.6) is 0 Å². The van der Waals surface area contributed by atoms with Gasteiger partial charge in [-0.1, -0.05) is 22.6 Å². The van der Waals surface area contributed by atoms with E-state index in [1.165, 1.54) is 21.0 Å². The van der Waals surface area contributed by atoms with Crippen molar-refractivity contribution >= 4 is 28.6 Å². The fraction of sp³-hybridized carbons (Fsp3) is 0.833. The Bertz CT molecular complexity index is 134. The van der Waals surface area contributed by atoms with Crippen LogP contribution in [0.1, 0.15) is 13.8 Å². The molecule has 0 aliphatic carbocycles. The van der Waals surface area contributed by atoms with Gasteiger partial charge < -0.3 is 4.74 Å². The summed E-state index contributed by atoms with van der Waals surface area (Å²) in [6.45, 7) is 2.84. The van der Waals surface area contributed by atoms with Gasteiger partial charge in [-0.15, -0.1) is 0 Å². The molecule has 0 aromatic rings. The molecule has 10 heavy (non-hydrogen) atoms. The van der Waals surface area contributed by atoms with E-state index in [9.17, 15) is 9.18 Å². The lowest BCUT2D eigenvalue weighted by atomic mass is 10.1. The van der Waals surface area contributed by atoms with E-state index in [0.29, 0.717) is 0 Å². The van der Waals surface area contributed by atoms with Gasteiger partial charge in [0.2, 0.25) is 0 Å². The average Bonchev–Trinajstić information content (AvgIpc) is 1.86. The van der Waals surface area contributed by atoms with Crippen LogP contribution in [0, 0.1) is 0 Å². The molecule has 0 aliphatic rings. The summed E-state index contributed by atoms with van der Waals surface area (Å²) in [6.07, 6.45) is -1.19. The first-order valence-corrected chi connectivity index (χ1v) is 3.92. The maximum absolute atomic E-state index is 12.6. The summed E-state index contributed by atoms with van der Waals surface area (Å²) in [5.74, 6) is -0.525. The fourth-order valence-corrected chi connectivity index (χ4v) is 0.582. The smallest absolute Gasteiger partial charge is 0.324 e. The van der Waals surface area contributed by atoms with E-state index in [-0.39, 0.29) is 0 Å². The number of carbonyl (C=O) groups excluding carboxylic acids is 1. The molecule has 0 rings (SSSR count). The molecule has 0 amide bonds. The maximum atomic E-state index is 12.6. The lowest BCUT2D eigenvalue weighted by Crippen LogP contribution is -2.37. The Morgan fingerprint density at radius 2 is 2.20 bits per heavy atom. The summed E-state index contributed by atoms with van der Waals surface area (Å²) in [4.78, 5) is 10.8. The van der Waals surface area contributed by atoms with Crippen molar-refractivity contribution in [2.75, 3.05) is 7.11 Å². The zero-order chi connectivity index (χ0) is 8.36. The van der Waals surface area contributed by atoms with Crippen LogP contribution >= 0.6 is 22.6 Å². The second-order valence-electron chi connectivity index (χ2n) is 2.18. The molecule has 0 aromatic heterocycles. The number of methoxy groups -OCH3 is 1. The minimum atomic E-state index is -1.19. The van der Waals surface area contributed by atoms with Crippen molar-refractivity contribution in [1.29, 1.82) is 0 Å². The highest BCUT2D eigenvalue weighted by Gasteiger charge is 2.37. The van der Waals surface area contributed by atoms with E-state index < -0.39 is 15.6 Å². The number of halogens is 2. The summed E-state index contributed by atoms with van der Waals surface area (Å²) in [6, 6.07) is 0. The zero-order valence-electron chi connectivity index (χ0n) is 6.15. The van der Waals surface area contributed by atoms with Crippen molar-refractivity contribution in [1.82, 2.24) is 0 Å². The van der Waals surface area contributed by atoms with Crippen LogP contribution in [0.25, 0.3) is 0 Å². The van der Waals surface area contributed by atoms with Crippen LogP contribution in [0.4, 0.5) is 4.39 Å². The molecule has 0 fully saturated rings. The van der Waals surface area contributed by atoms with Crippen molar-refractivity contribution in [3.05, 3.63) is 0 Å². The highest BCUT2D eigenvalue weighted by molar-refractivity contribution is 14.1. The van der Waals surface area contributed by atoms with Crippen molar-refractivity contribution < 1.29 is 13.9 Å². The molecule has 60 valence electrons. The van der Waals surface area contributed by atoms with Gasteiger partial charge in [0.15, 0.2) is 0 Å². The molecule has 2 atom stereocenters. The number of ether oxygens (including phenoxy) is 1. The third-order valence-corrected chi connectivity index (χ3v) is 2.63. The SMILES string of the molecule is COC(=O)C(C)(I)C(C)F. The number of esters is 1. The molecule has 4 heteroatoms. The van der Waals surface area contributed by atoms with Crippen LogP contribution in [0.15, 0.2) is 0 Å². The minimum Gasteiger partial charge on any atom is -0.468 e. The second-order valence-corrected chi connectivity index (χ2v) is 4.42. The first-order chi connectivity index (χ1) is 4.42. The predicted octanol–water partition coefficient (Wildman–Crippen LogP) is 1.71. The summed E-state index contributed by atoms with van der Waals surface area (Å²) < 4.78 is 15.9. The number of hydrogen-bond acceptors (Lipinski definition) is 2. The van der Waals surface area contributed by atoms with E-state index in [1.54, 1.807) is 22.6 Å². The molecule has 0 saturated carbocycles. The molecular weight excluding hydrogens is 250 g/mol. The highest BCUT2D eigenvalue weighted by Crippen LogP contribution is 2.26. The standard InChI is InChI=1S/C6H10FIO2/c1-4(7)6(2,8)5(9)10-3/h4H,1-3H3. The largest absolute Gasteiger partial charge is 0.468 e. The number of rotatable bonds is 2. The van der Waals surface area contributed by atoms with Crippen LogP contribution in [0.3, 0.4) is 0 Å². The number of hydrogen-bond donors (Lipinski definition) is 0. The molecule has 0 aromatic carbocycles. The molecule has 0 heterocycles. The summed E-state index contributed by atoms with van der Waals surface area (Å²) in [7, 11) is 1.25. The first kappa shape index (κ1) is 10.1. The van der Waals surface area contributed by atoms with Gasteiger partial charge in [-0.2, -0.15) is 0 Å². The molecule has 0 saturated heterocycles. The summed E-state index contributed by atoms with van der Waals surface area (Å²) in [5, 5.41) is 0. The van der Waals surface area contributed by atoms with Crippen molar-refractivity contribution in [3.63, 3.8) is 0 Å². The Morgan fingerprint density at radius 3 is 2.30 bits per heavy atom. The average molecular weight is 260 g/mol. The molecule has 0 spiro atoms. The third kappa shape index (κ3) is 2.07. The zero-order valence-corrected chi connectivity index (χ0v) is 8.31. The van der Waals surface area contributed by atoms with Crippen LogP contribution in [-0.4, -0.2) is 22.7 Å². The van der Waals surface area contributed by atoms with E-state index in [2.05, 4.69) is 4.74 Å². The van der Waals surface area contributed by atoms with Gasteiger partial charge >= 0.3 is 5.97 Å². The van der Waals surface area contributed by atoms with Crippen LogP contribution in [-0.2, 0) is 9.53 Å². The van der Waals surface area contributed by atoms with E-state index in [1.807, 2.05) is 0 Å². The minimum absolute atomic E-state index is 0.525. The van der Waals surface area contributed by atoms with Crippen LogP contribution in [0.2, 0.25) is 0 Å². The topological polar surface area (TPSA) is 26.3 Å². The predicted molar refractivity (Wildman–Crippen MR) is 45.0 cm³/mol. The molecule has 0 aliphatic heterocycles. The molecule has 0 N–H and O–H groups in total. The van der Waals surface area contributed by atoms with Gasteiger partial charge in [-0.3, -0.25) is 4.79 Å². The van der Waals surface area contributed by atoms with Gasteiger partial charge in [0.05, 0.1) is 7.11 Å². The highest BCUT2D eigenvalue weighted by atomic mass is 127. The molecule has 2 nitrogen and oxygen atoms in total. The Labute approximate surface area is 73.3 Å². The van der Waals surface area contributed by atoms with E-state index in [4.69, 9.17) is 0 Å². The molecular formula is C6H10FIO2. The lowest BCUT2D eigenvalue weighted by molar-refractivity contribution is -0.143. The number of carbonyl (C=O) groups is 1. The molecule has 0 bridgehead atoms. The molecule has 2 unspecified atom stereocenters. The first-order valence-electron chi connectivity index (χ1n) is 2.84. The van der Waals surface area contributed by atoms with Crippen molar-refractivity contribution in [3.8, 4) is 0 Å². The van der Waals surface area contributed by atoms with E-state index in [0.717, 1.165) is 0 Å². The fourth-order valence-electron chi connectivity index (χ4n) is 0.362. The second kappa shape index (κ2) is 3.50. The Kier molecular flexibility index (Phi) is 3.55. The summed E-state index contributed by atoms with van der Waals surface area (Å²) in [5.41, 5.74) is 0. The molecule has 0 radical (unpaired) electrons. The third-order valence-electron chi connectivity index (χ3n) is 1.33. The Morgan fingerprint density at radius 1 is 1.80 bits per heavy atom. The van der Waals surface area contributed by atoms with Crippen molar-refractivity contribution in [2.24, 2.45) is 0 Å². The van der Waals surface area contributed by atoms with Gasteiger partial charge in [-0.25, -0.2) is 4.39 Å². The van der Waals surface area contributed by atoms with E-state index >= 15 is 0 Å².